The largest absolute Gasteiger partial charge is 0.495 e. The van der Waals surface area contributed by atoms with E-state index in [1.807, 2.05) is 18.2 Å². The van der Waals surface area contributed by atoms with Crippen molar-refractivity contribution in [2.45, 2.75) is 33.0 Å². The number of amides is 3. The Hall–Kier alpha value is -3.06. The minimum atomic E-state index is -0.371. The van der Waals surface area contributed by atoms with Gasteiger partial charge in [-0.15, -0.1) is 0 Å². The third kappa shape index (κ3) is 6.22. The highest BCUT2D eigenvalue weighted by atomic mass is 16.5. The predicted molar refractivity (Wildman–Crippen MR) is 115 cm³/mol. The second-order valence-corrected chi connectivity index (χ2v) is 7.08. The number of nitrogens with zero attached hydrogens (tertiary/aromatic N) is 1. The molecule has 0 atom stereocenters. The zero-order valence-electron chi connectivity index (χ0n) is 17.7. The molecule has 3 N–H and O–H groups in total. The topological polar surface area (TPSA) is 82.7 Å². The molecule has 0 aliphatic carbocycles. The Morgan fingerprint density at radius 2 is 1.79 bits per heavy atom. The maximum absolute atomic E-state index is 12.5. The van der Waals surface area contributed by atoms with Crippen LogP contribution in [0.5, 0.6) is 5.75 Å². The molecule has 0 aliphatic heterocycles. The number of benzene rings is 2. The minimum Gasteiger partial charge on any atom is -0.495 e. The highest BCUT2D eigenvalue weighted by molar-refractivity contribution is 5.97. The summed E-state index contributed by atoms with van der Waals surface area (Å²) in [6.07, 6.45) is 0. The maximum Gasteiger partial charge on any atom is 0.319 e. The van der Waals surface area contributed by atoms with Crippen LogP contribution in [0.15, 0.2) is 42.5 Å². The van der Waals surface area contributed by atoms with Crippen molar-refractivity contribution in [2.75, 3.05) is 26.5 Å². The predicted octanol–water partition coefficient (Wildman–Crippen LogP) is 3.22. The van der Waals surface area contributed by atoms with Gasteiger partial charge in [0.2, 0.25) is 0 Å². The molecule has 0 aromatic heterocycles. The lowest BCUT2D eigenvalue weighted by Crippen LogP contribution is -2.30. The van der Waals surface area contributed by atoms with Crippen LogP contribution in [0.1, 0.15) is 35.3 Å². The van der Waals surface area contributed by atoms with Gasteiger partial charge in [-0.3, -0.25) is 9.69 Å². The van der Waals surface area contributed by atoms with Crippen LogP contribution in [0.2, 0.25) is 0 Å². The average molecular weight is 399 g/mol. The third-order valence-electron chi connectivity index (χ3n) is 4.80. The summed E-state index contributed by atoms with van der Waals surface area (Å²) in [4.78, 5) is 26.6. The molecule has 0 saturated heterocycles. The summed E-state index contributed by atoms with van der Waals surface area (Å²) >= 11 is 0. The molecule has 2 rings (SSSR count). The second kappa shape index (κ2) is 10.5. The van der Waals surface area contributed by atoms with Crippen molar-refractivity contribution in [3.05, 3.63) is 59.2 Å². The highest BCUT2D eigenvalue weighted by Gasteiger charge is 2.13. The molecule has 0 spiro atoms. The van der Waals surface area contributed by atoms with Gasteiger partial charge in [-0.25, -0.2) is 4.79 Å². The summed E-state index contributed by atoms with van der Waals surface area (Å²) in [6.45, 7) is 5.49. The molecule has 156 valence electrons. The van der Waals surface area contributed by atoms with E-state index in [0.717, 1.165) is 12.1 Å². The van der Waals surface area contributed by atoms with Crippen molar-refractivity contribution in [3.63, 3.8) is 0 Å². The van der Waals surface area contributed by atoms with Crippen LogP contribution < -0.4 is 20.7 Å². The molecule has 3 amide bonds. The molecular formula is C22H30N4O3. The fourth-order valence-electron chi connectivity index (χ4n) is 2.77. The summed E-state index contributed by atoms with van der Waals surface area (Å²) in [5.74, 6) is 0.242. The Morgan fingerprint density at radius 3 is 2.41 bits per heavy atom. The number of urea groups is 1. The highest BCUT2D eigenvalue weighted by Crippen LogP contribution is 2.25. The van der Waals surface area contributed by atoms with E-state index < -0.39 is 0 Å². The second-order valence-electron chi connectivity index (χ2n) is 7.08. The summed E-state index contributed by atoms with van der Waals surface area (Å²) in [5.41, 5.74) is 3.09. The van der Waals surface area contributed by atoms with Crippen LogP contribution in [0, 0.1) is 0 Å². The first-order valence-electron chi connectivity index (χ1n) is 9.57. The number of hydrogen-bond donors (Lipinski definition) is 3. The first-order valence-corrected chi connectivity index (χ1v) is 9.57. The molecule has 7 nitrogen and oxygen atoms in total. The number of carbonyl (C=O) groups is 2. The van der Waals surface area contributed by atoms with Gasteiger partial charge in [-0.1, -0.05) is 24.3 Å². The monoisotopic (exact) mass is 398 g/mol. The third-order valence-corrected chi connectivity index (χ3v) is 4.80. The van der Waals surface area contributed by atoms with E-state index in [1.54, 1.807) is 25.2 Å². The quantitative estimate of drug-likeness (QED) is 0.638. The number of methoxy groups -OCH3 is 1. The van der Waals surface area contributed by atoms with Crippen LogP contribution in [0.25, 0.3) is 0 Å². The van der Waals surface area contributed by atoms with E-state index in [4.69, 9.17) is 4.74 Å². The molecule has 7 heteroatoms. The SMILES string of the molecule is CNC(=O)c1ccc(OC)c(NC(=O)NCc2ccccc2CN(C)C(C)C)c1. The van der Waals surface area contributed by atoms with Gasteiger partial charge in [0.05, 0.1) is 12.8 Å². The van der Waals surface area contributed by atoms with Crippen molar-refractivity contribution < 1.29 is 14.3 Å². The molecule has 0 saturated carbocycles. The summed E-state index contributed by atoms with van der Waals surface area (Å²) < 4.78 is 5.28. The Kier molecular flexibility index (Phi) is 8.03. The lowest BCUT2D eigenvalue weighted by molar-refractivity contribution is 0.0963. The number of hydrogen-bond acceptors (Lipinski definition) is 4. The first-order chi connectivity index (χ1) is 13.8. The number of ether oxygens (including phenoxy) is 1. The Balaban J connectivity index is 2.07. The van der Waals surface area contributed by atoms with Crippen molar-refractivity contribution in [1.29, 1.82) is 0 Å². The Labute approximate surface area is 172 Å². The van der Waals surface area contributed by atoms with Gasteiger partial charge < -0.3 is 20.7 Å². The van der Waals surface area contributed by atoms with Gasteiger partial charge >= 0.3 is 6.03 Å². The molecule has 2 aromatic rings. The van der Waals surface area contributed by atoms with Crippen LogP contribution in [0.3, 0.4) is 0 Å². The van der Waals surface area contributed by atoms with Gasteiger partial charge in [0, 0.05) is 31.7 Å². The van der Waals surface area contributed by atoms with Crippen LogP contribution in [-0.2, 0) is 13.1 Å². The van der Waals surface area contributed by atoms with E-state index in [1.165, 1.54) is 12.7 Å². The standard InChI is InChI=1S/C22H30N4O3/c1-15(2)26(4)14-18-9-7-6-8-17(18)13-24-22(28)25-19-12-16(21(27)23-3)10-11-20(19)29-5/h6-12,15H,13-14H2,1-5H3,(H,23,27)(H2,24,25,28). The minimum absolute atomic E-state index is 0.237. The Bertz CT molecular complexity index is 852. The smallest absolute Gasteiger partial charge is 0.319 e. The lowest BCUT2D eigenvalue weighted by Gasteiger charge is -2.22. The zero-order valence-corrected chi connectivity index (χ0v) is 17.7. The molecule has 2 aromatic carbocycles. The maximum atomic E-state index is 12.5. The molecule has 0 unspecified atom stereocenters. The van der Waals surface area contributed by atoms with Gasteiger partial charge in [0.25, 0.3) is 5.91 Å². The fourth-order valence-corrected chi connectivity index (χ4v) is 2.77. The lowest BCUT2D eigenvalue weighted by atomic mass is 10.1. The van der Waals surface area contributed by atoms with Gasteiger partial charge in [0.15, 0.2) is 0 Å². The number of rotatable bonds is 8. The fraction of sp³-hybridized carbons (Fsp3) is 0.364. The number of anilines is 1. The van der Waals surface area contributed by atoms with Gasteiger partial charge in [0.1, 0.15) is 5.75 Å². The zero-order chi connectivity index (χ0) is 21.4. The Morgan fingerprint density at radius 1 is 1.10 bits per heavy atom. The normalized spacial score (nSPS) is 10.7. The molecule has 0 fully saturated rings. The van der Waals surface area contributed by atoms with Crippen molar-refractivity contribution >= 4 is 17.6 Å². The summed E-state index contributed by atoms with van der Waals surface area (Å²) in [5, 5.41) is 8.21. The van der Waals surface area contributed by atoms with Crippen LogP contribution >= 0.6 is 0 Å². The first kappa shape index (κ1) is 22.2. The molecule has 0 aliphatic rings. The molecule has 0 bridgehead atoms. The van der Waals surface area contributed by atoms with Crippen molar-refractivity contribution in [2.24, 2.45) is 0 Å². The number of nitrogens with one attached hydrogen (secondary N) is 3. The molecular weight excluding hydrogens is 368 g/mol. The molecule has 29 heavy (non-hydrogen) atoms. The van der Waals surface area contributed by atoms with E-state index >= 15 is 0 Å². The van der Waals surface area contributed by atoms with E-state index in [-0.39, 0.29) is 11.9 Å². The summed E-state index contributed by atoms with van der Waals surface area (Å²) in [6, 6.07) is 13.0. The number of carbonyl (C=O) groups excluding carboxylic acids is 2. The van der Waals surface area contributed by atoms with Crippen molar-refractivity contribution in [3.8, 4) is 5.75 Å². The molecule has 0 heterocycles. The molecule has 0 radical (unpaired) electrons. The van der Waals surface area contributed by atoms with Crippen LogP contribution in [-0.4, -0.2) is 44.1 Å². The average Bonchev–Trinajstić information content (AvgIpc) is 2.72. The van der Waals surface area contributed by atoms with Gasteiger partial charge in [-0.05, 0) is 50.2 Å². The van der Waals surface area contributed by atoms with E-state index in [2.05, 4.69) is 47.8 Å². The summed E-state index contributed by atoms with van der Waals surface area (Å²) in [7, 11) is 5.15. The van der Waals surface area contributed by atoms with E-state index in [9.17, 15) is 9.59 Å². The van der Waals surface area contributed by atoms with Crippen LogP contribution in [0.4, 0.5) is 10.5 Å². The van der Waals surface area contributed by atoms with E-state index in [0.29, 0.717) is 29.6 Å². The van der Waals surface area contributed by atoms with Gasteiger partial charge in [-0.2, -0.15) is 0 Å². The van der Waals surface area contributed by atoms with Crippen molar-refractivity contribution in [1.82, 2.24) is 15.5 Å².